The third kappa shape index (κ3) is 3.23. The predicted octanol–water partition coefficient (Wildman–Crippen LogP) is 3.34. The van der Waals surface area contributed by atoms with Gasteiger partial charge in [0.2, 0.25) is 0 Å². The van der Waals surface area contributed by atoms with E-state index in [1.54, 1.807) is 37.4 Å². The molecular weight excluding hydrogens is 266 g/mol. The van der Waals surface area contributed by atoms with Crippen LogP contribution in [0.15, 0.2) is 42.8 Å². The maximum atomic E-state index is 11.3. The molecule has 0 fully saturated rings. The summed E-state index contributed by atoms with van der Waals surface area (Å²) in [5.74, 6) is 0.0227. The lowest BCUT2D eigenvalue weighted by molar-refractivity contribution is -0.140. The Kier molecular flexibility index (Phi) is 4.36. The number of esters is 1. The van der Waals surface area contributed by atoms with Crippen molar-refractivity contribution in [3.05, 3.63) is 47.8 Å². The van der Waals surface area contributed by atoms with Crippen LogP contribution in [0.1, 0.15) is 6.92 Å². The van der Waals surface area contributed by atoms with Gasteiger partial charge in [-0.15, -0.1) is 0 Å². The Morgan fingerprint density at radius 1 is 1.42 bits per heavy atom. The summed E-state index contributed by atoms with van der Waals surface area (Å²) in [6.07, 6.45) is 4.57. The monoisotopic (exact) mass is 277 g/mol. The molecule has 98 valence electrons. The normalized spacial score (nSPS) is 10.8. The summed E-state index contributed by atoms with van der Waals surface area (Å²) < 4.78 is 10.2. The summed E-state index contributed by atoms with van der Waals surface area (Å²) in [7, 11) is 0. The lowest BCUT2D eigenvalue weighted by atomic mass is 10.2. The highest BCUT2D eigenvalue weighted by molar-refractivity contribution is 6.35. The Morgan fingerprint density at radius 3 is 3.05 bits per heavy atom. The molecule has 5 heteroatoms. The maximum absolute atomic E-state index is 11.3. The van der Waals surface area contributed by atoms with Gasteiger partial charge in [-0.25, -0.2) is 4.79 Å². The van der Waals surface area contributed by atoms with E-state index < -0.39 is 5.97 Å². The highest BCUT2D eigenvalue weighted by Crippen LogP contribution is 2.29. The standard InChI is InChI=1S/C14H12ClNO3/c1-2-8-18-13(17)9-19-12-6-5-11(15)10-4-3-7-16-14(10)12/h2-8H,9H2,1H3. The SMILES string of the molecule is CC=COC(=O)COc1ccc(Cl)c2cccnc12. The molecule has 0 aliphatic heterocycles. The molecule has 0 N–H and O–H groups in total. The fourth-order valence-corrected chi connectivity index (χ4v) is 1.76. The molecule has 0 atom stereocenters. The van der Waals surface area contributed by atoms with E-state index in [2.05, 4.69) is 4.98 Å². The zero-order valence-corrected chi connectivity index (χ0v) is 11.1. The summed E-state index contributed by atoms with van der Waals surface area (Å²) in [6.45, 7) is 1.57. The average molecular weight is 278 g/mol. The van der Waals surface area contributed by atoms with Crippen molar-refractivity contribution in [2.24, 2.45) is 0 Å². The van der Waals surface area contributed by atoms with Crippen LogP contribution in [0.4, 0.5) is 0 Å². The number of nitrogens with zero attached hydrogens (tertiary/aromatic N) is 1. The van der Waals surface area contributed by atoms with Gasteiger partial charge in [0.25, 0.3) is 0 Å². The van der Waals surface area contributed by atoms with E-state index in [4.69, 9.17) is 21.1 Å². The molecule has 0 saturated carbocycles. The zero-order chi connectivity index (χ0) is 13.7. The van der Waals surface area contributed by atoms with E-state index in [1.165, 1.54) is 6.26 Å². The third-order valence-electron chi connectivity index (χ3n) is 2.36. The molecule has 0 saturated heterocycles. The molecule has 0 aliphatic rings. The van der Waals surface area contributed by atoms with E-state index in [0.717, 1.165) is 5.39 Å². The number of fused-ring (bicyclic) bond motifs is 1. The highest BCUT2D eigenvalue weighted by Gasteiger charge is 2.09. The van der Waals surface area contributed by atoms with Crippen molar-refractivity contribution in [2.75, 3.05) is 6.61 Å². The first-order valence-electron chi connectivity index (χ1n) is 5.69. The Balaban J connectivity index is 2.17. The first-order valence-corrected chi connectivity index (χ1v) is 6.07. The van der Waals surface area contributed by atoms with E-state index in [9.17, 15) is 4.79 Å². The van der Waals surface area contributed by atoms with Crippen molar-refractivity contribution in [3.8, 4) is 5.75 Å². The van der Waals surface area contributed by atoms with Crippen LogP contribution in [-0.2, 0) is 9.53 Å². The van der Waals surface area contributed by atoms with Gasteiger partial charge in [0, 0.05) is 11.6 Å². The van der Waals surface area contributed by atoms with Gasteiger partial charge in [0.15, 0.2) is 6.61 Å². The first-order chi connectivity index (χ1) is 9.22. The van der Waals surface area contributed by atoms with Crippen molar-refractivity contribution < 1.29 is 14.3 Å². The number of carbonyl (C=O) groups is 1. The van der Waals surface area contributed by atoms with Gasteiger partial charge in [0.1, 0.15) is 11.3 Å². The van der Waals surface area contributed by atoms with Crippen molar-refractivity contribution in [3.63, 3.8) is 0 Å². The fourth-order valence-electron chi connectivity index (χ4n) is 1.54. The summed E-state index contributed by atoms with van der Waals surface area (Å²) in [5, 5.41) is 1.37. The number of rotatable bonds is 4. The van der Waals surface area contributed by atoms with Gasteiger partial charge in [0.05, 0.1) is 11.3 Å². The average Bonchev–Trinajstić information content (AvgIpc) is 2.45. The van der Waals surface area contributed by atoms with Crippen molar-refractivity contribution in [2.45, 2.75) is 6.92 Å². The number of allylic oxidation sites excluding steroid dienone is 1. The Hall–Kier alpha value is -2.07. The Labute approximate surface area is 115 Å². The van der Waals surface area contributed by atoms with Crippen LogP contribution in [0.5, 0.6) is 5.75 Å². The molecule has 4 nitrogen and oxygen atoms in total. The second kappa shape index (κ2) is 6.20. The minimum atomic E-state index is -0.475. The van der Waals surface area contributed by atoms with Crippen LogP contribution in [0, 0.1) is 0 Å². The van der Waals surface area contributed by atoms with Crippen molar-refractivity contribution in [1.29, 1.82) is 0 Å². The van der Waals surface area contributed by atoms with Gasteiger partial charge in [-0.3, -0.25) is 4.98 Å². The minimum absolute atomic E-state index is 0.183. The Bertz CT molecular complexity index is 625. The van der Waals surface area contributed by atoms with Crippen molar-refractivity contribution >= 4 is 28.5 Å². The molecule has 2 aromatic rings. The predicted molar refractivity (Wildman–Crippen MR) is 73.2 cm³/mol. The summed E-state index contributed by atoms with van der Waals surface area (Å²) >= 11 is 6.06. The molecule has 1 aromatic carbocycles. The second-order valence-electron chi connectivity index (χ2n) is 3.69. The minimum Gasteiger partial charge on any atom is -0.480 e. The van der Waals surface area contributed by atoms with Crippen LogP contribution < -0.4 is 4.74 Å². The molecule has 0 radical (unpaired) electrons. The number of ether oxygens (including phenoxy) is 2. The molecule has 0 unspecified atom stereocenters. The number of carbonyl (C=O) groups excluding carboxylic acids is 1. The van der Waals surface area contributed by atoms with E-state index in [1.807, 2.05) is 6.07 Å². The quantitative estimate of drug-likeness (QED) is 0.635. The smallest absolute Gasteiger partial charge is 0.348 e. The summed E-state index contributed by atoms with van der Waals surface area (Å²) in [6, 6.07) is 7.02. The largest absolute Gasteiger partial charge is 0.480 e. The number of pyridine rings is 1. The van der Waals surface area contributed by atoms with E-state index in [0.29, 0.717) is 16.3 Å². The van der Waals surface area contributed by atoms with Crippen LogP contribution in [0.3, 0.4) is 0 Å². The number of halogens is 1. The van der Waals surface area contributed by atoms with Gasteiger partial charge >= 0.3 is 5.97 Å². The zero-order valence-electron chi connectivity index (χ0n) is 10.3. The van der Waals surface area contributed by atoms with Crippen LogP contribution in [-0.4, -0.2) is 17.6 Å². The molecule has 0 spiro atoms. The van der Waals surface area contributed by atoms with Crippen LogP contribution in [0.25, 0.3) is 10.9 Å². The summed E-state index contributed by atoms with van der Waals surface area (Å²) in [4.78, 5) is 15.5. The van der Waals surface area contributed by atoms with E-state index in [-0.39, 0.29) is 6.61 Å². The molecular formula is C14H12ClNO3. The Morgan fingerprint density at radius 2 is 2.26 bits per heavy atom. The molecule has 2 rings (SSSR count). The lowest BCUT2D eigenvalue weighted by Crippen LogP contribution is -2.12. The van der Waals surface area contributed by atoms with Gasteiger partial charge in [-0.1, -0.05) is 17.7 Å². The topological polar surface area (TPSA) is 48.4 Å². The van der Waals surface area contributed by atoms with Gasteiger partial charge in [-0.05, 0) is 31.2 Å². The molecule has 0 amide bonds. The maximum Gasteiger partial charge on any atom is 0.348 e. The molecule has 0 bridgehead atoms. The lowest BCUT2D eigenvalue weighted by Gasteiger charge is -2.08. The fraction of sp³-hybridized carbons (Fsp3) is 0.143. The number of hydrogen-bond donors (Lipinski definition) is 0. The van der Waals surface area contributed by atoms with Gasteiger partial charge in [-0.2, -0.15) is 0 Å². The molecule has 1 heterocycles. The summed E-state index contributed by atoms with van der Waals surface area (Å²) in [5.41, 5.74) is 0.619. The number of benzene rings is 1. The van der Waals surface area contributed by atoms with E-state index >= 15 is 0 Å². The molecule has 19 heavy (non-hydrogen) atoms. The van der Waals surface area contributed by atoms with Crippen molar-refractivity contribution in [1.82, 2.24) is 4.98 Å². The second-order valence-corrected chi connectivity index (χ2v) is 4.10. The van der Waals surface area contributed by atoms with Crippen LogP contribution >= 0.6 is 11.6 Å². The number of aromatic nitrogens is 1. The third-order valence-corrected chi connectivity index (χ3v) is 2.69. The van der Waals surface area contributed by atoms with Crippen LogP contribution in [0.2, 0.25) is 5.02 Å². The molecule has 1 aromatic heterocycles. The molecule has 0 aliphatic carbocycles. The first kappa shape index (κ1) is 13.4. The van der Waals surface area contributed by atoms with Gasteiger partial charge < -0.3 is 9.47 Å². The highest BCUT2D eigenvalue weighted by atomic mass is 35.5. The number of hydrogen-bond acceptors (Lipinski definition) is 4.